The minimum absolute atomic E-state index is 0.0194. The number of thiazole rings is 1. The number of nitrogens with zero attached hydrogens (tertiary/aromatic N) is 4. The van der Waals surface area contributed by atoms with Crippen LogP contribution in [0.4, 0.5) is 0 Å². The zero-order valence-electron chi connectivity index (χ0n) is 15.2. The molecule has 4 rings (SSSR count). The van der Waals surface area contributed by atoms with Gasteiger partial charge in [0.05, 0.1) is 22.5 Å². The largest absolute Gasteiger partial charge is 0.459 e. The maximum atomic E-state index is 12.2. The van der Waals surface area contributed by atoms with Crippen LogP contribution in [0.3, 0.4) is 0 Å². The van der Waals surface area contributed by atoms with Crippen molar-refractivity contribution in [3.05, 3.63) is 58.0 Å². The number of benzene rings is 1. The third-order valence-electron chi connectivity index (χ3n) is 4.12. The zero-order chi connectivity index (χ0) is 19.5. The van der Waals surface area contributed by atoms with E-state index >= 15 is 0 Å². The summed E-state index contributed by atoms with van der Waals surface area (Å²) >= 11 is 2.72. The predicted octanol–water partition coefficient (Wildman–Crippen LogP) is 3.35. The second kappa shape index (κ2) is 8.15. The summed E-state index contributed by atoms with van der Waals surface area (Å²) in [5, 5.41) is 2.59. The Morgan fingerprint density at radius 1 is 1.29 bits per heavy atom. The number of aryl methyl sites for hydroxylation is 1. The summed E-state index contributed by atoms with van der Waals surface area (Å²) in [6.45, 7) is 2.93. The van der Waals surface area contributed by atoms with Gasteiger partial charge in [0.1, 0.15) is 6.61 Å². The Morgan fingerprint density at radius 2 is 2.14 bits per heavy atom. The number of imidazole rings is 1. The van der Waals surface area contributed by atoms with Crippen LogP contribution in [0.2, 0.25) is 0 Å². The molecule has 4 aromatic rings. The Balaban J connectivity index is 1.41. The number of rotatable bonds is 7. The van der Waals surface area contributed by atoms with E-state index in [0.717, 1.165) is 29.2 Å². The molecule has 0 fully saturated rings. The van der Waals surface area contributed by atoms with Gasteiger partial charge in [0.2, 0.25) is 0 Å². The quantitative estimate of drug-likeness (QED) is 0.341. The molecule has 0 N–H and O–H groups in total. The highest BCUT2D eigenvalue weighted by atomic mass is 32.2. The lowest BCUT2D eigenvalue weighted by Crippen LogP contribution is -2.15. The van der Waals surface area contributed by atoms with Crippen LogP contribution < -0.4 is 5.56 Å². The highest BCUT2D eigenvalue weighted by Crippen LogP contribution is 2.24. The van der Waals surface area contributed by atoms with E-state index in [1.54, 1.807) is 11.6 Å². The Labute approximate surface area is 169 Å². The van der Waals surface area contributed by atoms with Gasteiger partial charge in [0.25, 0.3) is 5.56 Å². The van der Waals surface area contributed by atoms with Crippen LogP contribution in [0.5, 0.6) is 0 Å². The molecule has 0 saturated carbocycles. The topological polar surface area (TPSA) is 78.5 Å². The van der Waals surface area contributed by atoms with Gasteiger partial charge >= 0.3 is 5.97 Å². The molecule has 144 valence electrons. The fourth-order valence-electron chi connectivity index (χ4n) is 2.88. The summed E-state index contributed by atoms with van der Waals surface area (Å²) in [6, 6.07) is 9.33. The molecule has 0 aliphatic heterocycles. The lowest BCUT2D eigenvalue weighted by molar-refractivity contribution is -0.141. The molecule has 0 radical (unpaired) electrons. The monoisotopic (exact) mass is 414 g/mol. The van der Waals surface area contributed by atoms with Gasteiger partial charge in [0.15, 0.2) is 10.1 Å². The molecule has 0 amide bonds. The summed E-state index contributed by atoms with van der Waals surface area (Å²) in [4.78, 5) is 33.7. The van der Waals surface area contributed by atoms with Gasteiger partial charge in [-0.2, -0.15) is 0 Å². The molecule has 0 atom stereocenters. The summed E-state index contributed by atoms with van der Waals surface area (Å²) < 4.78 is 8.89. The number of ether oxygens (including phenoxy) is 1. The lowest BCUT2D eigenvalue weighted by atomic mass is 10.3. The SMILES string of the molecule is CCCn1c(SCC(=O)OCc2cc(=O)n3ccsc3n2)nc2ccccc21. The summed E-state index contributed by atoms with van der Waals surface area (Å²) in [5.74, 6) is -0.221. The molecule has 1 aromatic carbocycles. The summed E-state index contributed by atoms with van der Waals surface area (Å²) in [6.07, 6.45) is 2.65. The molecule has 0 spiro atoms. The van der Waals surface area contributed by atoms with Gasteiger partial charge in [-0.1, -0.05) is 30.8 Å². The molecular formula is C19H18N4O3S2. The number of hydrogen-bond donors (Lipinski definition) is 0. The number of para-hydroxylation sites is 2. The highest BCUT2D eigenvalue weighted by molar-refractivity contribution is 7.99. The van der Waals surface area contributed by atoms with Gasteiger partial charge in [-0.15, -0.1) is 11.3 Å². The number of carbonyl (C=O) groups is 1. The number of fused-ring (bicyclic) bond motifs is 2. The van der Waals surface area contributed by atoms with Crippen LogP contribution in [-0.4, -0.2) is 30.7 Å². The van der Waals surface area contributed by atoms with Gasteiger partial charge < -0.3 is 9.30 Å². The number of carbonyl (C=O) groups excluding carboxylic acids is 1. The second-order valence-electron chi connectivity index (χ2n) is 6.13. The first-order chi connectivity index (χ1) is 13.7. The van der Waals surface area contributed by atoms with E-state index in [4.69, 9.17) is 4.74 Å². The Hall–Kier alpha value is -2.65. The van der Waals surface area contributed by atoms with E-state index in [-0.39, 0.29) is 23.9 Å². The number of thioether (sulfide) groups is 1. The minimum atomic E-state index is -0.367. The molecule has 0 aliphatic rings. The third-order valence-corrected chi connectivity index (χ3v) is 5.83. The van der Waals surface area contributed by atoms with E-state index in [1.807, 2.05) is 24.3 Å². The summed E-state index contributed by atoms with van der Waals surface area (Å²) in [7, 11) is 0. The molecule has 0 unspecified atom stereocenters. The molecule has 9 heteroatoms. The van der Waals surface area contributed by atoms with E-state index in [1.165, 1.54) is 33.6 Å². The third kappa shape index (κ3) is 3.81. The first-order valence-electron chi connectivity index (χ1n) is 8.85. The zero-order valence-corrected chi connectivity index (χ0v) is 16.8. The van der Waals surface area contributed by atoms with Crippen LogP contribution in [0.15, 0.2) is 51.9 Å². The Kier molecular flexibility index (Phi) is 5.45. The lowest BCUT2D eigenvalue weighted by Gasteiger charge is -2.07. The van der Waals surface area contributed by atoms with Crippen molar-refractivity contribution in [3.63, 3.8) is 0 Å². The van der Waals surface area contributed by atoms with Crippen LogP contribution in [-0.2, 0) is 22.7 Å². The number of hydrogen-bond acceptors (Lipinski definition) is 7. The van der Waals surface area contributed by atoms with Crippen molar-refractivity contribution in [1.82, 2.24) is 18.9 Å². The van der Waals surface area contributed by atoms with Gasteiger partial charge in [0, 0.05) is 24.2 Å². The molecule has 0 aliphatic carbocycles. The Bertz CT molecular complexity index is 1190. The Morgan fingerprint density at radius 3 is 3.00 bits per heavy atom. The molecule has 3 heterocycles. The van der Waals surface area contributed by atoms with Crippen LogP contribution in [0.1, 0.15) is 19.0 Å². The van der Waals surface area contributed by atoms with Crippen molar-refractivity contribution >= 4 is 45.1 Å². The average molecular weight is 415 g/mol. The average Bonchev–Trinajstić information content (AvgIpc) is 3.30. The number of esters is 1. The summed E-state index contributed by atoms with van der Waals surface area (Å²) in [5.41, 5.74) is 2.25. The smallest absolute Gasteiger partial charge is 0.316 e. The van der Waals surface area contributed by atoms with Crippen molar-refractivity contribution in [1.29, 1.82) is 0 Å². The first-order valence-corrected chi connectivity index (χ1v) is 10.7. The predicted molar refractivity (Wildman–Crippen MR) is 110 cm³/mol. The molecule has 3 aromatic heterocycles. The van der Waals surface area contributed by atoms with E-state index < -0.39 is 0 Å². The van der Waals surface area contributed by atoms with Gasteiger partial charge in [-0.25, -0.2) is 9.97 Å². The molecule has 28 heavy (non-hydrogen) atoms. The van der Waals surface area contributed by atoms with Crippen molar-refractivity contribution in [2.75, 3.05) is 5.75 Å². The number of aromatic nitrogens is 4. The second-order valence-corrected chi connectivity index (χ2v) is 7.94. The van der Waals surface area contributed by atoms with Crippen LogP contribution in [0.25, 0.3) is 16.0 Å². The maximum absolute atomic E-state index is 12.2. The van der Waals surface area contributed by atoms with E-state index in [0.29, 0.717) is 10.7 Å². The highest BCUT2D eigenvalue weighted by Gasteiger charge is 2.13. The van der Waals surface area contributed by atoms with Crippen molar-refractivity contribution in [3.8, 4) is 0 Å². The van der Waals surface area contributed by atoms with Crippen molar-refractivity contribution in [2.45, 2.75) is 31.7 Å². The van der Waals surface area contributed by atoms with Crippen molar-refractivity contribution < 1.29 is 9.53 Å². The molecule has 7 nitrogen and oxygen atoms in total. The molecule has 0 saturated heterocycles. The standard InChI is InChI=1S/C19H18N4O3S2/c1-2-7-22-15-6-4-3-5-14(15)21-19(22)28-12-17(25)26-11-13-10-16(24)23-8-9-27-18(23)20-13/h3-6,8-10H,2,7,11-12H2,1H3. The van der Waals surface area contributed by atoms with Crippen molar-refractivity contribution in [2.24, 2.45) is 0 Å². The fourth-order valence-corrected chi connectivity index (χ4v) is 4.46. The molecular weight excluding hydrogens is 396 g/mol. The van der Waals surface area contributed by atoms with Gasteiger partial charge in [-0.05, 0) is 18.6 Å². The van der Waals surface area contributed by atoms with Gasteiger partial charge in [-0.3, -0.25) is 14.0 Å². The minimum Gasteiger partial charge on any atom is -0.459 e. The first kappa shape index (κ1) is 18.7. The fraction of sp³-hybridized carbons (Fsp3) is 0.263. The van der Waals surface area contributed by atoms with E-state index in [2.05, 4.69) is 21.5 Å². The van der Waals surface area contributed by atoms with Crippen LogP contribution in [0, 0.1) is 0 Å². The van der Waals surface area contributed by atoms with E-state index in [9.17, 15) is 9.59 Å². The normalized spacial score (nSPS) is 11.3. The maximum Gasteiger partial charge on any atom is 0.316 e. The molecule has 0 bridgehead atoms. The van der Waals surface area contributed by atoms with Crippen LogP contribution >= 0.6 is 23.1 Å².